The molecule has 5 nitrogen and oxygen atoms in total. The molecule has 3 rings (SSSR count). The van der Waals surface area contributed by atoms with E-state index >= 15 is 0 Å². The van der Waals surface area contributed by atoms with Crippen LogP contribution in [0.4, 0.5) is 4.39 Å². The molecule has 0 spiro atoms. The SMILES string of the molecule is COc1c(F)cccc1C(=O)N1C[C@H]2COC[C@@H]1CN(C)C2. The summed E-state index contributed by atoms with van der Waals surface area (Å²) in [5.74, 6) is -0.409. The fourth-order valence-corrected chi connectivity index (χ4v) is 3.37. The molecule has 0 aromatic heterocycles. The number of fused-ring (bicyclic) bond motifs is 3. The molecule has 2 aliphatic heterocycles. The van der Waals surface area contributed by atoms with Crippen LogP contribution in [0.1, 0.15) is 10.4 Å². The van der Waals surface area contributed by atoms with E-state index in [1.165, 1.54) is 19.2 Å². The predicted octanol–water partition coefficient (Wildman–Crippen LogP) is 1.24. The molecule has 0 N–H and O–H groups in total. The summed E-state index contributed by atoms with van der Waals surface area (Å²) in [4.78, 5) is 17.0. The van der Waals surface area contributed by atoms with Gasteiger partial charge in [-0.15, -0.1) is 0 Å². The number of carbonyl (C=O) groups excluding carboxylic acids is 1. The number of nitrogens with zero attached hydrogens (tertiary/aromatic N) is 2. The van der Waals surface area contributed by atoms with E-state index in [1.807, 2.05) is 4.90 Å². The first-order chi connectivity index (χ1) is 10.6. The predicted molar refractivity (Wildman–Crippen MR) is 79.6 cm³/mol. The summed E-state index contributed by atoms with van der Waals surface area (Å²) in [6.45, 7) is 3.48. The van der Waals surface area contributed by atoms with Crippen LogP contribution >= 0.6 is 0 Å². The molecule has 1 amide bonds. The molecule has 0 aliphatic carbocycles. The summed E-state index contributed by atoms with van der Waals surface area (Å²) in [6, 6.07) is 4.44. The number of ether oxygens (including phenoxy) is 2. The highest BCUT2D eigenvalue weighted by atomic mass is 19.1. The second kappa shape index (κ2) is 6.22. The van der Waals surface area contributed by atoms with Gasteiger partial charge in [-0.3, -0.25) is 4.79 Å². The number of hydrogen-bond acceptors (Lipinski definition) is 4. The maximum atomic E-state index is 13.9. The molecule has 1 aromatic carbocycles. The lowest BCUT2D eigenvalue weighted by molar-refractivity contribution is 0.0481. The Bertz CT molecular complexity index is 566. The Kier molecular flexibility index (Phi) is 4.31. The van der Waals surface area contributed by atoms with E-state index in [-0.39, 0.29) is 29.2 Å². The highest BCUT2D eigenvalue weighted by molar-refractivity contribution is 5.97. The van der Waals surface area contributed by atoms with E-state index in [2.05, 4.69) is 11.9 Å². The minimum Gasteiger partial charge on any atom is -0.493 e. The van der Waals surface area contributed by atoms with E-state index in [1.54, 1.807) is 6.07 Å². The Morgan fingerprint density at radius 2 is 2.14 bits per heavy atom. The number of likely N-dealkylation sites (N-methyl/N-ethyl adjacent to an activating group) is 1. The molecule has 2 atom stereocenters. The zero-order chi connectivity index (χ0) is 15.7. The fraction of sp³-hybridized carbons (Fsp3) is 0.562. The molecule has 2 saturated heterocycles. The highest BCUT2D eigenvalue weighted by Crippen LogP contribution is 2.27. The number of rotatable bonds is 2. The molecule has 1 aromatic rings. The number of para-hydroxylation sites is 1. The van der Waals surface area contributed by atoms with Crippen molar-refractivity contribution < 1.29 is 18.7 Å². The summed E-state index contributed by atoms with van der Waals surface area (Å²) in [6.07, 6.45) is 0. The molecule has 2 bridgehead atoms. The van der Waals surface area contributed by atoms with Gasteiger partial charge in [-0.1, -0.05) is 6.07 Å². The summed E-state index contributed by atoms with van der Waals surface area (Å²) >= 11 is 0. The average molecular weight is 308 g/mol. The van der Waals surface area contributed by atoms with Crippen LogP contribution in [0, 0.1) is 11.7 Å². The largest absolute Gasteiger partial charge is 0.493 e. The van der Waals surface area contributed by atoms with Crippen LogP contribution in [0.25, 0.3) is 0 Å². The second-order valence-corrected chi connectivity index (χ2v) is 6.06. The average Bonchev–Trinajstić information content (AvgIpc) is 2.76. The first-order valence-corrected chi connectivity index (χ1v) is 7.50. The van der Waals surface area contributed by atoms with E-state index in [9.17, 15) is 9.18 Å². The quantitative estimate of drug-likeness (QED) is 0.824. The van der Waals surface area contributed by atoms with E-state index in [0.717, 1.165) is 13.1 Å². The number of hydrogen-bond donors (Lipinski definition) is 0. The lowest BCUT2D eigenvalue weighted by Gasteiger charge is -2.30. The van der Waals surface area contributed by atoms with Crippen molar-refractivity contribution in [3.63, 3.8) is 0 Å². The van der Waals surface area contributed by atoms with Crippen molar-refractivity contribution in [2.45, 2.75) is 6.04 Å². The molecule has 0 radical (unpaired) electrons. The van der Waals surface area contributed by atoms with Gasteiger partial charge in [0.1, 0.15) is 0 Å². The number of amides is 1. The van der Waals surface area contributed by atoms with Gasteiger partial charge in [-0.25, -0.2) is 4.39 Å². The number of benzene rings is 1. The van der Waals surface area contributed by atoms with Crippen LogP contribution < -0.4 is 4.74 Å². The normalized spacial score (nSPS) is 25.7. The van der Waals surface area contributed by atoms with Crippen LogP contribution in [0.15, 0.2) is 18.2 Å². The van der Waals surface area contributed by atoms with Crippen molar-refractivity contribution in [2.24, 2.45) is 5.92 Å². The molecular weight excluding hydrogens is 287 g/mol. The van der Waals surface area contributed by atoms with Gasteiger partial charge in [0.15, 0.2) is 11.6 Å². The number of halogens is 1. The van der Waals surface area contributed by atoms with Gasteiger partial charge >= 0.3 is 0 Å². The van der Waals surface area contributed by atoms with E-state index in [4.69, 9.17) is 9.47 Å². The van der Waals surface area contributed by atoms with E-state index in [0.29, 0.717) is 19.8 Å². The third-order valence-electron chi connectivity index (χ3n) is 4.31. The third-order valence-corrected chi connectivity index (χ3v) is 4.31. The molecule has 2 aliphatic rings. The van der Waals surface area contributed by atoms with Crippen LogP contribution in [-0.2, 0) is 4.74 Å². The van der Waals surface area contributed by atoms with Crippen molar-refractivity contribution >= 4 is 5.91 Å². The molecule has 6 heteroatoms. The number of carbonyl (C=O) groups is 1. The molecule has 22 heavy (non-hydrogen) atoms. The zero-order valence-corrected chi connectivity index (χ0v) is 12.9. The zero-order valence-electron chi connectivity index (χ0n) is 12.9. The summed E-state index contributed by atoms with van der Waals surface area (Å²) in [7, 11) is 3.44. The highest BCUT2D eigenvalue weighted by Gasteiger charge is 2.36. The van der Waals surface area contributed by atoms with Crippen molar-refractivity contribution in [3.05, 3.63) is 29.6 Å². The van der Waals surface area contributed by atoms with Crippen molar-refractivity contribution in [1.29, 1.82) is 0 Å². The van der Waals surface area contributed by atoms with Crippen LogP contribution in [0.3, 0.4) is 0 Å². The Balaban J connectivity index is 1.93. The van der Waals surface area contributed by atoms with Gasteiger partial charge in [-0.05, 0) is 19.2 Å². The van der Waals surface area contributed by atoms with Gasteiger partial charge in [-0.2, -0.15) is 0 Å². The Labute approximate surface area is 129 Å². The van der Waals surface area contributed by atoms with Crippen LogP contribution in [-0.4, -0.2) is 68.8 Å². The van der Waals surface area contributed by atoms with Gasteiger partial charge in [0.25, 0.3) is 5.91 Å². The maximum Gasteiger partial charge on any atom is 0.258 e. The number of methoxy groups -OCH3 is 1. The minimum absolute atomic E-state index is 0.0144. The van der Waals surface area contributed by atoms with Crippen molar-refractivity contribution in [3.8, 4) is 5.75 Å². The van der Waals surface area contributed by atoms with Crippen molar-refractivity contribution in [1.82, 2.24) is 9.80 Å². The van der Waals surface area contributed by atoms with Gasteiger partial charge in [0.05, 0.1) is 31.9 Å². The standard InChI is InChI=1S/C16H21FN2O3/c1-18-6-11-7-19(12(8-18)10-22-9-11)16(20)13-4-3-5-14(17)15(13)21-2/h3-5,11-12H,6-10H2,1-2H3/t11-,12-/m0/s1. The summed E-state index contributed by atoms with van der Waals surface area (Å²) in [5.41, 5.74) is 0.276. The van der Waals surface area contributed by atoms with Crippen LogP contribution in [0.5, 0.6) is 5.75 Å². The first kappa shape index (κ1) is 15.2. The summed E-state index contributed by atoms with van der Waals surface area (Å²) < 4.78 is 24.6. The first-order valence-electron chi connectivity index (χ1n) is 7.50. The Morgan fingerprint density at radius 1 is 1.32 bits per heavy atom. The van der Waals surface area contributed by atoms with Gasteiger partial charge < -0.3 is 19.3 Å². The molecule has 120 valence electrons. The Morgan fingerprint density at radius 3 is 2.91 bits per heavy atom. The molecule has 0 unspecified atom stereocenters. The molecule has 2 fully saturated rings. The van der Waals surface area contributed by atoms with Crippen LogP contribution in [0.2, 0.25) is 0 Å². The monoisotopic (exact) mass is 308 g/mol. The second-order valence-electron chi connectivity index (χ2n) is 6.06. The molecular formula is C16H21FN2O3. The Hall–Kier alpha value is -1.66. The summed E-state index contributed by atoms with van der Waals surface area (Å²) in [5, 5.41) is 0. The lowest BCUT2D eigenvalue weighted by Crippen LogP contribution is -2.46. The third kappa shape index (κ3) is 2.80. The fourth-order valence-electron chi connectivity index (χ4n) is 3.37. The lowest BCUT2D eigenvalue weighted by atomic mass is 10.1. The van der Waals surface area contributed by atoms with E-state index < -0.39 is 5.82 Å². The van der Waals surface area contributed by atoms with Crippen molar-refractivity contribution in [2.75, 3.05) is 47.0 Å². The maximum absolute atomic E-state index is 13.9. The smallest absolute Gasteiger partial charge is 0.258 e. The topological polar surface area (TPSA) is 42.0 Å². The molecule has 2 heterocycles. The van der Waals surface area contributed by atoms with Gasteiger partial charge in [0.2, 0.25) is 0 Å². The molecule has 0 saturated carbocycles. The minimum atomic E-state index is -0.514. The van der Waals surface area contributed by atoms with Gasteiger partial charge in [0, 0.05) is 25.6 Å².